The fourth-order valence-electron chi connectivity index (χ4n) is 4.05. The zero-order valence-corrected chi connectivity index (χ0v) is 19.6. The van der Waals surface area contributed by atoms with Gasteiger partial charge in [0, 0.05) is 11.1 Å². The van der Waals surface area contributed by atoms with Crippen LogP contribution in [-0.2, 0) is 20.7 Å². The minimum Gasteiger partial charge on any atom is -0.488 e. The summed E-state index contributed by atoms with van der Waals surface area (Å²) < 4.78 is 16.0. The lowest BCUT2D eigenvalue weighted by Gasteiger charge is -2.37. The molecule has 2 aromatic rings. The summed E-state index contributed by atoms with van der Waals surface area (Å²) in [6.45, 7) is 0.0270. The van der Waals surface area contributed by atoms with Gasteiger partial charge in [0.1, 0.15) is 30.2 Å². The van der Waals surface area contributed by atoms with Gasteiger partial charge in [-0.15, -0.1) is 0 Å². The van der Waals surface area contributed by atoms with Crippen LogP contribution in [0.1, 0.15) is 12.0 Å². The second kappa shape index (κ2) is 10.6. The molecule has 2 heterocycles. The summed E-state index contributed by atoms with van der Waals surface area (Å²) in [4.78, 5) is 23.5. The Kier molecular flexibility index (Phi) is 7.70. The Morgan fingerprint density at radius 2 is 1.71 bits per heavy atom. The van der Waals surface area contributed by atoms with E-state index in [9.17, 15) is 24.9 Å². The van der Waals surface area contributed by atoms with E-state index in [1.807, 2.05) is 18.2 Å². The maximum Gasteiger partial charge on any atom is 0.409 e. The molecule has 6 atom stereocenters. The lowest BCUT2D eigenvalue weighted by atomic mass is 9.95. The molecule has 2 aliphatic rings. The van der Waals surface area contributed by atoms with Crippen molar-refractivity contribution >= 4 is 35.3 Å². The van der Waals surface area contributed by atoms with Crippen molar-refractivity contribution in [1.29, 1.82) is 0 Å². The molecule has 5 unspecified atom stereocenters. The number of benzene rings is 2. The van der Waals surface area contributed by atoms with Crippen LogP contribution in [0, 0.1) is 0 Å². The number of carboxylic acids is 1. The Morgan fingerprint density at radius 3 is 2.40 bits per heavy atom. The molecule has 0 bridgehead atoms. The lowest BCUT2D eigenvalue weighted by molar-refractivity contribution is -0.278. The number of hydrogen-bond acceptors (Lipinski definition) is 8. The number of alkyl carbamates (subject to hydrolysis) is 1. The summed E-state index contributed by atoms with van der Waals surface area (Å²) in [5.74, 6) is -0.984. The predicted octanol–water partition coefficient (Wildman–Crippen LogP) is 1.97. The number of aliphatic hydroxyl groups is 3. The summed E-state index contributed by atoms with van der Waals surface area (Å²) in [7, 11) is 0. The molecule has 2 aliphatic heterocycles. The van der Waals surface area contributed by atoms with E-state index in [1.165, 1.54) is 0 Å². The number of nitrogens with one attached hydrogen (secondary N) is 1. The second-order valence-electron chi connectivity index (χ2n) is 8.19. The Bertz CT molecular complexity index is 1090. The second-order valence-corrected chi connectivity index (χ2v) is 9.00. The lowest BCUT2D eigenvalue weighted by Crippen LogP contribution is -2.61. The fourth-order valence-corrected chi connectivity index (χ4v) is 4.65. The maximum atomic E-state index is 12.3. The number of amides is 1. The van der Waals surface area contributed by atoms with E-state index in [0.29, 0.717) is 34.2 Å². The Hall–Kier alpha value is -2.60. The van der Waals surface area contributed by atoms with Crippen molar-refractivity contribution in [2.75, 3.05) is 6.54 Å². The predicted molar refractivity (Wildman–Crippen MR) is 123 cm³/mol. The number of fused-ring (bicyclic) bond motifs is 1. The summed E-state index contributed by atoms with van der Waals surface area (Å²) in [5.41, 5.74) is 2.32. The summed E-state index contributed by atoms with van der Waals surface area (Å²) >= 11 is 12.8. The van der Waals surface area contributed by atoms with Crippen LogP contribution in [0.2, 0.25) is 10.0 Å². The molecule has 5 N–H and O–H groups in total. The van der Waals surface area contributed by atoms with Gasteiger partial charge in [-0.25, -0.2) is 9.59 Å². The van der Waals surface area contributed by atoms with Crippen molar-refractivity contribution in [1.82, 2.24) is 5.32 Å². The van der Waals surface area contributed by atoms with Crippen LogP contribution < -0.4 is 10.1 Å². The molecule has 0 saturated carbocycles. The van der Waals surface area contributed by atoms with Gasteiger partial charge in [0.15, 0.2) is 6.10 Å². The highest BCUT2D eigenvalue weighted by Gasteiger charge is 2.48. The van der Waals surface area contributed by atoms with Crippen LogP contribution in [-0.4, -0.2) is 75.8 Å². The third kappa shape index (κ3) is 5.32. The molecule has 0 radical (unpaired) electrons. The van der Waals surface area contributed by atoms with Crippen molar-refractivity contribution < 1.29 is 44.2 Å². The molecule has 10 nitrogen and oxygen atoms in total. The van der Waals surface area contributed by atoms with Gasteiger partial charge < -0.3 is 40.0 Å². The maximum absolute atomic E-state index is 12.3. The van der Waals surface area contributed by atoms with Gasteiger partial charge in [0.05, 0.1) is 16.6 Å². The van der Waals surface area contributed by atoms with Crippen molar-refractivity contribution in [3.8, 4) is 16.9 Å². The quantitative estimate of drug-likeness (QED) is 0.392. The van der Waals surface area contributed by atoms with Gasteiger partial charge in [-0.3, -0.25) is 0 Å². The van der Waals surface area contributed by atoms with Crippen LogP contribution in [0.3, 0.4) is 0 Å². The number of aryl methyl sites for hydroxylation is 1. The van der Waals surface area contributed by atoms with Gasteiger partial charge in [-0.05, 0) is 30.5 Å². The fraction of sp³-hybridized carbons (Fsp3) is 0.391. The van der Waals surface area contributed by atoms with E-state index >= 15 is 0 Å². The van der Waals surface area contributed by atoms with E-state index in [2.05, 4.69) is 5.32 Å². The van der Waals surface area contributed by atoms with Crippen LogP contribution in [0.5, 0.6) is 5.75 Å². The van der Waals surface area contributed by atoms with Gasteiger partial charge >= 0.3 is 12.1 Å². The average Bonchev–Trinajstić information content (AvgIpc) is 2.83. The van der Waals surface area contributed by atoms with Gasteiger partial charge in [-0.2, -0.15) is 0 Å². The minimum absolute atomic E-state index is 0.0270. The number of carbonyl (C=O) groups is 2. The van der Waals surface area contributed by atoms with Crippen molar-refractivity contribution in [2.45, 2.75) is 49.7 Å². The highest BCUT2D eigenvalue weighted by molar-refractivity contribution is 6.39. The standard InChI is InChI=1S/C23H23Cl2NO9/c24-13-5-2-6-14(25)15(13)12-4-1-3-10-7-8-11(33-19(10)12)9-26-23(32)35-22-18(29)16(27)17(28)20(34-22)21(30)31/h1-6,11,16-18,20,22,27-29H,7-9H2,(H,26,32)(H,30,31)/t11-,16?,17?,18?,20?,22?/m1/s1. The van der Waals surface area contributed by atoms with Crippen molar-refractivity contribution in [2.24, 2.45) is 0 Å². The number of rotatable bonds is 5. The topological polar surface area (TPSA) is 155 Å². The third-order valence-electron chi connectivity index (χ3n) is 5.86. The Labute approximate surface area is 209 Å². The average molecular weight is 528 g/mol. The van der Waals surface area contributed by atoms with E-state index in [1.54, 1.807) is 18.2 Å². The molecule has 1 saturated heterocycles. The highest BCUT2D eigenvalue weighted by Crippen LogP contribution is 2.43. The minimum atomic E-state index is -1.89. The molecule has 188 valence electrons. The number of para-hydroxylation sites is 1. The number of aliphatic carboxylic acids is 1. The van der Waals surface area contributed by atoms with Gasteiger partial charge in [-0.1, -0.05) is 47.5 Å². The smallest absolute Gasteiger partial charge is 0.409 e. The van der Waals surface area contributed by atoms with Gasteiger partial charge in [0.25, 0.3) is 0 Å². The number of hydrogen-bond donors (Lipinski definition) is 5. The molecular formula is C23H23Cl2NO9. The van der Waals surface area contributed by atoms with Crippen LogP contribution >= 0.6 is 23.2 Å². The number of halogens is 2. The van der Waals surface area contributed by atoms with Crippen molar-refractivity contribution in [3.63, 3.8) is 0 Å². The first kappa shape index (κ1) is 25.5. The molecular weight excluding hydrogens is 505 g/mol. The zero-order chi connectivity index (χ0) is 25.3. The van der Waals surface area contributed by atoms with E-state index in [-0.39, 0.29) is 6.54 Å². The first-order valence-corrected chi connectivity index (χ1v) is 11.5. The molecule has 0 spiro atoms. The molecule has 4 rings (SSSR count). The third-order valence-corrected chi connectivity index (χ3v) is 6.49. The van der Waals surface area contributed by atoms with Crippen LogP contribution in [0.15, 0.2) is 36.4 Å². The van der Waals surface area contributed by atoms with Crippen LogP contribution in [0.25, 0.3) is 11.1 Å². The molecule has 35 heavy (non-hydrogen) atoms. The summed E-state index contributed by atoms with van der Waals surface area (Å²) in [6.07, 6.45) is -9.49. The molecule has 0 aromatic heterocycles. The first-order valence-electron chi connectivity index (χ1n) is 10.8. The number of ether oxygens (including phenoxy) is 3. The van der Waals surface area contributed by atoms with Crippen molar-refractivity contribution in [3.05, 3.63) is 52.0 Å². The van der Waals surface area contributed by atoms with E-state index in [0.717, 1.165) is 11.1 Å². The zero-order valence-electron chi connectivity index (χ0n) is 18.1. The number of aliphatic hydroxyl groups excluding tert-OH is 3. The SMILES string of the molecule is O=C(NC[C@H]1CCc2cccc(-c3c(Cl)cccc3Cl)c2O1)OC1OC(C(=O)O)C(O)C(O)C1O. The highest BCUT2D eigenvalue weighted by atomic mass is 35.5. The largest absolute Gasteiger partial charge is 0.488 e. The molecule has 1 amide bonds. The summed E-state index contributed by atoms with van der Waals surface area (Å²) in [6, 6.07) is 10.9. The normalized spacial score (nSPS) is 27.9. The Balaban J connectivity index is 1.41. The first-order chi connectivity index (χ1) is 16.7. The Morgan fingerprint density at radius 1 is 1.03 bits per heavy atom. The molecule has 12 heteroatoms. The summed E-state index contributed by atoms with van der Waals surface area (Å²) in [5, 5.41) is 42.1. The number of carbonyl (C=O) groups excluding carboxylic acids is 1. The number of carboxylic acid groups (broad SMARTS) is 1. The van der Waals surface area contributed by atoms with Crippen LogP contribution in [0.4, 0.5) is 4.79 Å². The van der Waals surface area contributed by atoms with E-state index in [4.69, 9.17) is 42.5 Å². The van der Waals surface area contributed by atoms with E-state index < -0.39 is 48.9 Å². The van der Waals surface area contributed by atoms with Gasteiger partial charge in [0.2, 0.25) is 6.29 Å². The molecule has 0 aliphatic carbocycles. The monoisotopic (exact) mass is 527 g/mol. The molecule has 2 aromatic carbocycles. The molecule has 1 fully saturated rings.